The lowest BCUT2D eigenvalue weighted by molar-refractivity contribution is 0.234. The predicted molar refractivity (Wildman–Crippen MR) is 74.2 cm³/mol. The van der Waals surface area contributed by atoms with E-state index < -0.39 is 9.84 Å². The quantitative estimate of drug-likeness (QED) is 0.772. The highest BCUT2D eigenvalue weighted by atomic mass is 32.2. The van der Waals surface area contributed by atoms with E-state index in [0.29, 0.717) is 19.5 Å². The van der Waals surface area contributed by atoms with Crippen molar-refractivity contribution in [3.8, 4) is 0 Å². The third-order valence-electron chi connectivity index (χ3n) is 3.38. The molecule has 0 bridgehead atoms. The standard InChI is InChI=1S/C13H16N4O3S/c1-9-5-11(16-20-9)8-17-4-3-12-10(7-17)6-14-13(15-12)21(2,18)19/h5-6H,3-4,7-8H2,1-2H3. The fraction of sp³-hybridized carbons (Fsp3) is 0.462. The zero-order valence-electron chi connectivity index (χ0n) is 11.9. The SMILES string of the molecule is Cc1cc(CN2CCc3nc(S(C)(=O)=O)ncc3C2)no1. The molecule has 21 heavy (non-hydrogen) atoms. The Balaban J connectivity index is 1.77. The Morgan fingerprint density at radius 1 is 1.43 bits per heavy atom. The van der Waals surface area contributed by atoms with Crippen molar-refractivity contribution in [2.24, 2.45) is 0 Å². The Hall–Kier alpha value is -1.80. The van der Waals surface area contributed by atoms with Crippen LogP contribution in [0.2, 0.25) is 0 Å². The summed E-state index contributed by atoms with van der Waals surface area (Å²) in [5, 5.41) is 3.89. The molecule has 3 heterocycles. The van der Waals surface area contributed by atoms with E-state index in [1.807, 2.05) is 13.0 Å². The number of aryl methyl sites for hydroxylation is 1. The van der Waals surface area contributed by atoms with Gasteiger partial charge in [-0.15, -0.1) is 0 Å². The predicted octanol–water partition coefficient (Wildman–Crippen LogP) is 0.735. The summed E-state index contributed by atoms with van der Waals surface area (Å²) in [7, 11) is -3.35. The molecule has 112 valence electrons. The average molecular weight is 308 g/mol. The summed E-state index contributed by atoms with van der Waals surface area (Å²) in [6.45, 7) is 4.05. The Morgan fingerprint density at radius 2 is 2.24 bits per heavy atom. The van der Waals surface area contributed by atoms with E-state index in [2.05, 4.69) is 20.0 Å². The van der Waals surface area contributed by atoms with E-state index in [-0.39, 0.29) is 5.16 Å². The van der Waals surface area contributed by atoms with Crippen molar-refractivity contribution in [2.45, 2.75) is 31.6 Å². The highest BCUT2D eigenvalue weighted by Crippen LogP contribution is 2.19. The van der Waals surface area contributed by atoms with Crippen LogP contribution in [-0.2, 0) is 29.3 Å². The Morgan fingerprint density at radius 3 is 2.90 bits per heavy atom. The number of nitrogens with zero attached hydrogens (tertiary/aromatic N) is 4. The molecule has 0 N–H and O–H groups in total. The molecule has 0 aliphatic carbocycles. The van der Waals surface area contributed by atoms with Gasteiger partial charge in [0.05, 0.1) is 11.4 Å². The zero-order valence-corrected chi connectivity index (χ0v) is 12.7. The van der Waals surface area contributed by atoms with Crippen LogP contribution < -0.4 is 0 Å². The largest absolute Gasteiger partial charge is 0.361 e. The van der Waals surface area contributed by atoms with Crippen LogP contribution in [0.5, 0.6) is 0 Å². The summed E-state index contributed by atoms with van der Waals surface area (Å²) >= 11 is 0. The van der Waals surface area contributed by atoms with Gasteiger partial charge >= 0.3 is 0 Å². The van der Waals surface area contributed by atoms with Crippen LogP contribution in [0.1, 0.15) is 22.7 Å². The maximum absolute atomic E-state index is 11.5. The first kappa shape index (κ1) is 14.2. The van der Waals surface area contributed by atoms with E-state index in [4.69, 9.17) is 4.52 Å². The van der Waals surface area contributed by atoms with Crippen LogP contribution in [-0.4, -0.2) is 41.2 Å². The van der Waals surface area contributed by atoms with E-state index in [1.165, 1.54) is 0 Å². The second-order valence-electron chi connectivity index (χ2n) is 5.29. The van der Waals surface area contributed by atoms with Gasteiger partial charge in [0.2, 0.25) is 15.0 Å². The molecule has 0 atom stereocenters. The van der Waals surface area contributed by atoms with E-state index in [9.17, 15) is 8.42 Å². The van der Waals surface area contributed by atoms with Gasteiger partial charge in [0, 0.05) is 50.1 Å². The number of hydrogen-bond donors (Lipinski definition) is 0. The summed E-state index contributed by atoms with van der Waals surface area (Å²) in [5.74, 6) is 0.795. The molecule has 2 aromatic heterocycles. The lowest BCUT2D eigenvalue weighted by atomic mass is 10.1. The number of hydrogen-bond acceptors (Lipinski definition) is 7. The number of rotatable bonds is 3. The van der Waals surface area contributed by atoms with Crippen molar-refractivity contribution in [3.05, 3.63) is 35.0 Å². The van der Waals surface area contributed by atoms with Gasteiger partial charge in [0.25, 0.3) is 0 Å². The highest BCUT2D eigenvalue weighted by molar-refractivity contribution is 7.90. The second kappa shape index (κ2) is 5.19. The van der Waals surface area contributed by atoms with Gasteiger partial charge in [-0.05, 0) is 6.92 Å². The molecule has 0 saturated carbocycles. The number of fused-ring (bicyclic) bond motifs is 1. The van der Waals surface area contributed by atoms with Gasteiger partial charge in [-0.3, -0.25) is 4.90 Å². The number of aromatic nitrogens is 3. The first-order chi connectivity index (χ1) is 9.91. The lowest BCUT2D eigenvalue weighted by Crippen LogP contribution is -2.31. The van der Waals surface area contributed by atoms with Gasteiger partial charge in [-0.2, -0.15) is 0 Å². The third kappa shape index (κ3) is 3.11. The van der Waals surface area contributed by atoms with Gasteiger partial charge < -0.3 is 4.52 Å². The minimum Gasteiger partial charge on any atom is -0.361 e. The van der Waals surface area contributed by atoms with E-state index >= 15 is 0 Å². The summed E-state index contributed by atoms with van der Waals surface area (Å²) in [6.07, 6.45) is 3.44. The minimum absolute atomic E-state index is 0.0955. The Kier molecular flexibility index (Phi) is 3.50. The first-order valence-corrected chi connectivity index (χ1v) is 8.50. The van der Waals surface area contributed by atoms with Crippen LogP contribution in [0.15, 0.2) is 21.9 Å². The van der Waals surface area contributed by atoms with Gasteiger partial charge in [-0.25, -0.2) is 18.4 Å². The highest BCUT2D eigenvalue weighted by Gasteiger charge is 2.21. The van der Waals surface area contributed by atoms with Crippen LogP contribution in [0.25, 0.3) is 0 Å². The maximum atomic E-state index is 11.5. The number of sulfone groups is 1. The van der Waals surface area contributed by atoms with E-state index in [0.717, 1.165) is 35.5 Å². The van der Waals surface area contributed by atoms with Crippen molar-refractivity contribution >= 4 is 9.84 Å². The molecular formula is C13H16N4O3S. The van der Waals surface area contributed by atoms with Gasteiger partial charge in [0.1, 0.15) is 5.76 Å². The van der Waals surface area contributed by atoms with Gasteiger partial charge in [-0.1, -0.05) is 5.16 Å². The van der Waals surface area contributed by atoms with Crippen molar-refractivity contribution in [2.75, 3.05) is 12.8 Å². The zero-order chi connectivity index (χ0) is 15.0. The van der Waals surface area contributed by atoms with Gasteiger partial charge in [0.15, 0.2) is 0 Å². The molecule has 0 fully saturated rings. The van der Waals surface area contributed by atoms with Crippen LogP contribution >= 0.6 is 0 Å². The molecule has 0 amide bonds. The monoisotopic (exact) mass is 308 g/mol. The van der Waals surface area contributed by atoms with E-state index in [1.54, 1.807) is 6.20 Å². The topological polar surface area (TPSA) is 89.2 Å². The Bertz CT molecular complexity index is 769. The van der Waals surface area contributed by atoms with Crippen molar-refractivity contribution in [1.29, 1.82) is 0 Å². The van der Waals surface area contributed by atoms with Crippen LogP contribution in [0, 0.1) is 6.92 Å². The molecular weight excluding hydrogens is 292 g/mol. The Labute approximate surface area is 122 Å². The summed E-state index contributed by atoms with van der Waals surface area (Å²) in [5.41, 5.74) is 2.68. The molecule has 1 aliphatic heterocycles. The summed E-state index contributed by atoms with van der Waals surface area (Å²) < 4.78 is 28.0. The fourth-order valence-electron chi connectivity index (χ4n) is 2.39. The van der Waals surface area contributed by atoms with Crippen LogP contribution in [0.4, 0.5) is 0 Å². The molecule has 0 spiro atoms. The molecule has 0 radical (unpaired) electrons. The van der Waals surface area contributed by atoms with Crippen molar-refractivity contribution < 1.29 is 12.9 Å². The molecule has 1 aliphatic rings. The second-order valence-corrected chi connectivity index (χ2v) is 7.20. The fourth-order valence-corrected chi connectivity index (χ4v) is 2.91. The molecule has 0 unspecified atom stereocenters. The molecule has 0 saturated heterocycles. The van der Waals surface area contributed by atoms with Crippen molar-refractivity contribution in [3.63, 3.8) is 0 Å². The molecule has 8 heteroatoms. The summed E-state index contributed by atoms with van der Waals surface area (Å²) in [4.78, 5) is 10.3. The molecule has 2 aromatic rings. The normalized spacial score (nSPS) is 15.9. The van der Waals surface area contributed by atoms with Crippen molar-refractivity contribution in [1.82, 2.24) is 20.0 Å². The molecule has 3 rings (SSSR count). The maximum Gasteiger partial charge on any atom is 0.246 e. The molecule has 0 aromatic carbocycles. The third-order valence-corrected chi connectivity index (χ3v) is 4.24. The lowest BCUT2D eigenvalue weighted by Gasteiger charge is -2.26. The van der Waals surface area contributed by atoms with Crippen LogP contribution in [0.3, 0.4) is 0 Å². The summed E-state index contributed by atoms with van der Waals surface area (Å²) in [6, 6.07) is 1.92. The smallest absolute Gasteiger partial charge is 0.246 e. The molecule has 7 nitrogen and oxygen atoms in total. The first-order valence-electron chi connectivity index (χ1n) is 6.61. The average Bonchev–Trinajstić information content (AvgIpc) is 2.82. The minimum atomic E-state index is -3.35.